The lowest BCUT2D eigenvalue weighted by molar-refractivity contribution is 0.0275. The molecule has 0 radical (unpaired) electrons. The van der Waals surface area contributed by atoms with Gasteiger partial charge in [-0.05, 0) is 25.5 Å². The summed E-state index contributed by atoms with van der Waals surface area (Å²) in [6.07, 6.45) is 1.53. The van der Waals surface area contributed by atoms with Gasteiger partial charge in [0.05, 0.1) is 11.2 Å². The first kappa shape index (κ1) is 17.7. The van der Waals surface area contributed by atoms with E-state index in [4.69, 9.17) is 5.73 Å². The van der Waals surface area contributed by atoms with Gasteiger partial charge in [-0.2, -0.15) is 0 Å². The first-order chi connectivity index (χ1) is 11.2. The number of aromatic nitrogens is 1. The van der Waals surface area contributed by atoms with Crippen LogP contribution in [0.25, 0.3) is 0 Å². The van der Waals surface area contributed by atoms with E-state index in [2.05, 4.69) is 0 Å². The van der Waals surface area contributed by atoms with Crippen molar-refractivity contribution in [3.63, 3.8) is 0 Å². The number of benzene rings is 1. The highest BCUT2D eigenvalue weighted by Gasteiger charge is 2.26. The predicted molar refractivity (Wildman–Crippen MR) is 91.4 cm³/mol. The molecule has 2 amide bonds. The molecule has 0 spiro atoms. The Morgan fingerprint density at radius 3 is 2.38 bits per heavy atom. The summed E-state index contributed by atoms with van der Waals surface area (Å²) in [6.45, 7) is 3.83. The van der Waals surface area contributed by atoms with Gasteiger partial charge in [0.2, 0.25) is 5.91 Å². The first-order valence-electron chi connectivity index (χ1n) is 7.69. The zero-order chi connectivity index (χ0) is 17.9. The number of nitrogens with zero attached hydrogens (tertiary/aromatic N) is 2. The largest absolute Gasteiger partial charge is 0.389 e. The van der Waals surface area contributed by atoms with Crippen molar-refractivity contribution in [3.8, 4) is 0 Å². The maximum atomic E-state index is 12.9. The molecule has 6 nitrogen and oxygen atoms in total. The number of aliphatic hydroxyl groups is 1. The van der Waals surface area contributed by atoms with Crippen LogP contribution in [0.3, 0.4) is 0 Å². The third kappa shape index (κ3) is 4.45. The molecule has 0 aliphatic carbocycles. The Labute approximate surface area is 141 Å². The second-order valence-electron chi connectivity index (χ2n) is 6.55. The molecule has 0 fully saturated rings. The quantitative estimate of drug-likeness (QED) is 0.842. The van der Waals surface area contributed by atoms with Crippen LogP contribution in [0, 0.1) is 0 Å². The minimum atomic E-state index is -1.04. The van der Waals surface area contributed by atoms with Crippen LogP contribution in [-0.2, 0) is 13.6 Å². The Bertz CT molecular complexity index is 730. The smallest absolute Gasteiger partial charge is 0.270 e. The van der Waals surface area contributed by atoms with E-state index in [9.17, 15) is 14.7 Å². The third-order valence-corrected chi connectivity index (χ3v) is 3.59. The molecule has 24 heavy (non-hydrogen) atoms. The Morgan fingerprint density at radius 2 is 1.88 bits per heavy atom. The molecule has 1 aromatic carbocycles. The number of aryl methyl sites for hydroxylation is 1. The van der Waals surface area contributed by atoms with Crippen molar-refractivity contribution in [2.24, 2.45) is 12.8 Å². The standard InChI is InChI=1S/C18H23N3O3/c1-18(2,24)12-21(10-13-7-5-4-6-8-13)17(23)15-9-14(16(19)22)11-20(15)3/h4-9,11,24H,10,12H2,1-3H3,(H2,19,22). The van der Waals surface area contributed by atoms with Crippen molar-refractivity contribution in [2.75, 3.05) is 6.54 Å². The summed E-state index contributed by atoms with van der Waals surface area (Å²) in [5, 5.41) is 10.1. The zero-order valence-electron chi connectivity index (χ0n) is 14.2. The fraction of sp³-hybridized carbons (Fsp3) is 0.333. The molecule has 0 bridgehead atoms. The van der Waals surface area contributed by atoms with Crippen LogP contribution < -0.4 is 5.73 Å². The average molecular weight is 329 g/mol. The molecule has 128 valence electrons. The molecular formula is C18H23N3O3. The number of nitrogens with two attached hydrogens (primary N) is 1. The predicted octanol–water partition coefficient (Wildman–Crippen LogP) is 1.54. The Hall–Kier alpha value is -2.60. The second kappa shape index (κ2) is 6.88. The minimum absolute atomic E-state index is 0.164. The van der Waals surface area contributed by atoms with Crippen molar-refractivity contribution in [2.45, 2.75) is 26.0 Å². The molecule has 0 saturated carbocycles. The highest BCUT2D eigenvalue weighted by Crippen LogP contribution is 2.16. The number of carbonyl (C=O) groups excluding carboxylic acids is 2. The Balaban J connectivity index is 2.32. The number of rotatable bonds is 6. The summed E-state index contributed by atoms with van der Waals surface area (Å²) in [4.78, 5) is 25.8. The second-order valence-corrected chi connectivity index (χ2v) is 6.55. The number of primary amides is 1. The normalized spacial score (nSPS) is 11.3. The molecule has 0 unspecified atom stereocenters. The maximum Gasteiger partial charge on any atom is 0.270 e. The SMILES string of the molecule is Cn1cc(C(N)=O)cc1C(=O)N(Cc1ccccc1)CC(C)(C)O. The van der Waals surface area contributed by atoms with Gasteiger partial charge in [-0.3, -0.25) is 9.59 Å². The number of amides is 2. The van der Waals surface area contributed by atoms with Crippen molar-refractivity contribution >= 4 is 11.8 Å². The van der Waals surface area contributed by atoms with Gasteiger partial charge in [-0.25, -0.2) is 0 Å². The lowest BCUT2D eigenvalue weighted by atomic mass is 10.1. The van der Waals surface area contributed by atoms with E-state index in [0.717, 1.165) is 5.56 Å². The van der Waals surface area contributed by atoms with Gasteiger partial charge in [-0.15, -0.1) is 0 Å². The highest BCUT2D eigenvalue weighted by atomic mass is 16.3. The molecule has 0 saturated heterocycles. The number of hydrogen-bond donors (Lipinski definition) is 2. The van der Waals surface area contributed by atoms with Crippen LogP contribution in [0.5, 0.6) is 0 Å². The topological polar surface area (TPSA) is 88.6 Å². The van der Waals surface area contributed by atoms with Crippen molar-refractivity contribution in [3.05, 3.63) is 59.4 Å². The molecule has 6 heteroatoms. The average Bonchev–Trinajstić information content (AvgIpc) is 2.88. The molecule has 1 heterocycles. The van der Waals surface area contributed by atoms with E-state index in [0.29, 0.717) is 12.2 Å². The Kier molecular flexibility index (Phi) is 5.09. The first-order valence-corrected chi connectivity index (χ1v) is 7.69. The van der Waals surface area contributed by atoms with Gasteiger partial charge in [0.25, 0.3) is 5.91 Å². The third-order valence-electron chi connectivity index (χ3n) is 3.59. The summed E-state index contributed by atoms with van der Waals surface area (Å²) in [6, 6.07) is 11.0. The van der Waals surface area contributed by atoms with Gasteiger partial charge in [0.15, 0.2) is 0 Å². The molecule has 0 aliphatic heterocycles. The van der Waals surface area contributed by atoms with Gasteiger partial charge < -0.3 is 20.3 Å². The van der Waals surface area contributed by atoms with Crippen LogP contribution in [-0.4, -0.2) is 38.5 Å². The van der Waals surface area contributed by atoms with E-state index in [1.54, 1.807) is 30.4 Å². The fourth-order valence-corrected chi connectivity index (χ4v) is 2.54. The molecule has 3 N–H and O–H groups in total. The molecule has 0 aliphatic rings. The summed E-state index contributed by atoms with van der Waals surface area (Å²) in [5.41, 5.74) is 5.83. The molecule has 0 atom stereocenters. The van der Waals surface area contributed by atoms with E-state index in [1.165, 1.54) is 12.3 Å². The van der Waals surface area contributed by atoms with E-state index in [-0.39, 0.29) is 18.0 Å². The van der Waals surface area contributed by atoms with Crippen molar-refractivity contribution < 1.29 is 14.7 Å². The Morgan fingerprint density at radius 1 is 1.25 bits per heavy atom. The monoisotopic (exact) mass is 329 g/mol. The summed E-state index contributed by atoms with van der Waals surface area (Å²) in [7, 11) is 1.68. The van der Waals surface area contributed by atoms with Crippen LogP contribution >= 0.6 is 0 Å². The van der Waals surface area contributed by atoms with Crippen LogP contribution in [0.1, 0.15) is 40.3 Å². The van der Waals surface area contributed by atoms with Gasteiger partial charge in [0.1, 0.15) is 5.69 Å². The summed E-state index contributed by atoms with van der Waals surface area (Å²) >= 11 is 0. The van der Waals surface area contributed by atoms with Gasteiger partial charge in [-0.1, -0.05) is 30.3 Å². The van der Waals surface area contributed by atoms with Crippen molar-refractivity contribution in [1.82, 2.24) is 9.47 Å². The summed E-state index contributed by atoms with van der Waals surface area (Å²) in [5.74, 6) is -0.849. The minimum Gasteiger partial charge on any atom is -0.389 e. The van der Waals surface area contributed by atoms with Crippen LogP contribution in [0.15, 0.2) is 42.6 Å². The highest BCUT2D eigenvalue weighted by molar-refractivity contribution is 5.98. The van der Waals surface area contributed by atoms with Crippen molar-refractivity contribution in [1.29, 1.82) is 0 Å². The lowest BCUT2D eigenvalue weighted by Crippen LogP contribution is -2.42. The molecule has 2 rings (SSSR count). The van der Waals surface area contributed by atoms with E-state index in [1.807, 2.05) is 30.3 Å². The van der Waals surface area contributed by atoms with Gasteiger partial charge >= 0.3 is 0 Å². The maximum absolute atomic E-state index is 12.9. The molecule has 2 aromatic rings. The van der Waals surface area contributed by atoms with E-state index < -0.39 is 11.5 Å². The zero-order valence-corrected chi connectivity index (χ0v) is 14.2. The van der Waals surface area contributed by atoms with Crippen LogP contribution in [0.2, 0.25) is 0 Å². The fourth-order valence-electron chi connectivity index (χ4n) is 2.54. The lowest BCUT2D eigenvalue weighted by Gasteiger charge is -2.29. The van der Waals surface area contributed by atoms with E-state index >= 15 is 0 Å². The number of hydrogen-bond acceptors (Lipinski definition) is 3. The molecule has 1 aromatic heterocycles. The van der Waals surface area contributed by atoms with Crippen LogP contribution in [0.4, 0.5) is 0 Å². The summed E-state index contributed by atoms with van der Waals surface area (Å²) < 4.78 is 1.57. The molecular weight excluding hydrogens is 306 g/mol. The number of carbonyl (C=O) groups is 2. The van der Waals surface area contributed by atoms with Gasteiger partial charge in [0, 0.05) is 26.3 Å².